The predicted octanol–water partition coefficient (Wildman–Crippen LogP) is 4.22. The van der Waals surface area contributed by atoms with E-state index in [9.17, 15) is 9.18 Å². The van der Waals surface area contributed by atoms with E-state index in [1.54, 1.807) is 30.0 Å². The fourth-order valence-corrected chi connectivity index (χ4v) is 3.43. The smallest absolute Gasteiger partial charge is 0.251 e. The Bertz CT molecular complexity index is 939. The average Bonchev–Trinajstić information content (AvgIpc) is 3.03. The number of nitrogens with one attached hydrogen (secondary N) is 1. The zero-order valence-electron chi connectivity index (χ0n) is 15.4. The van der Waals surface area contributed by atoms with Crippen LogP contribution in [-0.2, 0) is 7.05 Å². The van der Waals surface area contributed by atoms with Crippen molar-refractivity contribution in [3.63, 3.8) is 0 Å². The Hall–Kier alpha value is -2.67. The van der Waals surface area contributed by atoms with Gasteiger partial charge < -0.3 is 9.88 Å². The maximum absolute atomic E-state index is 13.4. The Kier molecular flexibility index (Phi) is 5.91. The van der Waals surface area contributed by atoms with Gasteiger partial charge in [0.15, 0.2) is 11.0 Å². The van der Waals surface area contributed by atoms with E-state index >= 15 is 0 Å². The lowest BCUT2D eigenvalue weighted by Crippen LogP contribution is -2.28. The maximum atomic E-state index is 13.4. The molecule has 1 heterocycles. The highest BCUT2D eigenvalue weighted by Crippen LogP contribution is 2.22. The maximum Gasteiger partial charge on any atom is 0.251 e. The average molecular weight is 384 g/mol. The van der Waals surface area contributed by atoms with E-state index in [1.807, 2.05) is 36.7 Å². The molecule has 0 unspecified atom stereocenters. The Morgan fingerprint density at radius 1 is 1.19 bits per heavy atom. The van der Waals surface area contributed by atoms with Gasteiger partial charge in [0.05, 0.1) is 6.04 Å². The number of benzene rings is 2. The molecule has 3 aromatic rings. The first kappa shape index (κ1) is 19.1. The molecule has 7 heteroatoms. The molecule has 5 nitrogen and oxygen atoms in total. The fourth-order valence-electron chi connectivity index (χ4n) is 2.78. The quantitative estimate of drug-likeness (QED) is 0.647. The highest BCUT2D eigenvalue weighted by atomic mass is 32.2. The second kappa shape index (κ2) is 8.35. The molecule has 1 amide bonds. The molecule has 27 heavy (non-hydrogen) atoms. The third kappa shape index (κ3) is 4.36. The van der Waals surface area contributed by atoms with Crippen molar-refractivity contribution in [2.24, 2.45) is 7.05 Å². The molecule has 0 saturated carbocycles. The van der Waals surface area contributed by atoms with Crippen LogP contribution in [0.15, 0.2) is 53.7 Å². The highest BCUT2D eigenvalue weighted by molar-refractivity contribution is 7.99. The number of nitrogens with zero attached hydrogens (tertiary/aromatic N) is 3. The van der Waals surface area contributed by atoms with Crippen LogP contribution in [0.4, 0.5) is 4.39 Å². The molecule has 0 bridgehead atoms. The van der Waals surface area contributed by atoms with Gasteiger partial charge in [-0.05, 0) is 48.1 Å². The van der Waals surface area contributed by atoms with E-state index in [4.69, 9.17) is 0 Å². The van der Waals surface area contributed by atoms with Gasteiger partial charge >= 0.3 is 0 Å². The minimum Gasteiger partial charge on any atom is -0.342 e. The molecule has 0 spiro atoms. The molecular weight excluding hydrogens is 363 g/mol. The molecule has 0 aliphatic carbocycles. The van der Waals surface area contributed by atoms with Crippen molar-refractivity contribution in [2.45, 2.75) is 25.0 Å². The standard InChI is InChI=1S/C20H21FN4OS/c1-4-27-20-24-23-18(25(20)3)13(2)22-19(26)15-10-8-14(9-11-15)16-6-5-7-17(21)12-16/h5-13H,4H2,1-3H3,(H,22,26)/t13-/m0/s1. The van der Waals surface area contributed by atoms with E-state index in [-0.39, 0.29) is 17.8 Å². The number of halogens is 1. The molecule has 0 fully saturated rings. The predicted molar refractivity (Wildman–Crippen MR) is 105 cm³/mol. The van der Waals surface area contributed by atoms with Gasteiger partial charge in [-0.2, -0.15) is 0 Å². The van der Waals surface area contributed by atoms with E-state index in [0.29, 0.717) is 11.4 Å². The Morgan fingerprint density at radius 2 is 1.93 bits per heavy atom. The van der Waals surface area contributed by atoms with Gasteiger partial charge in [0, 0.05) is 12.6 Å². The molecule has 1 N–H and O–H groups in total. The van der Waals surface area contributed by atoms with Crippen molar-refractivity contribution >= 4 is 17.7 Å². The number of aromatic nitrogens is 3. The van der Waals surface area contributed by atoms with Crippen LogP contribution >= 0.6 is 11.8 Å². The van der Waals surface area contributed by atoms with Gasteiger partial charge in [0.25, 0.3) is 5.91 Å². The summed E-state index contributed by atoms with van der Waals surface area (Å²) in [6.45, 7) is 3.93. The molecule has 2 aromatic carbocycles. The Morgan fingerprint density at radius 3 is 2.59 bits per heavy atom. The van der Waals surface area contributed by atoms with Crippen LogP contribution in [-0.4, -0.2) is 26.4 Å². The van der Waals surface area contributed by atoms with Crippen LogP contribution in [0.3, 0.4) is 0 Å². The first-order chi connectivity index (χ1) is 13.0. The second-order valence-corrected chi connectivity index (χ2v) is 7.35. The molecular formula is C20H21FN4OS. The van der Waals surface area contributed by atoms with Crippen molar-refractivity contribution in [3.8, 4) is 11.1 Å². The molecule has 140 valence electrons. The van der Waals surface area contributed by atoms with E-state index in [1.165, 1.54) is 12.1 Å². The Balaban J connectivity index is 1.71. The SMILES string of the molecule is CCSc1nnc([C@H](C)NC(=O)c2ccc(-c3cccc(F)c3)cc2)n1C. The lowest BCUT2D eigenvalue weighted by atomic mass is 10.0. The van der Waals surface area contributed by atoms with E-state index in [2.05, 4.69) is 22.4 Å². The van der Waals surface area contributed by atoms with Gasteiger partial charge in [0.1, 0.15) is 5.82 Å². The van der Waals surface area contributed by atoms with E-state index < -0.39 is 0 Å². The summed E-state index contributed by atoms with van der Waals surface area (Å²) in [6, 6.07) is 13.2. The van der Waals surface area contributed by atoms with Gasteiger partial charge in [0.2, 0.25) is 0 Å². The number of thioether (sulfide) groups is 1. The largest absolute Gasteiger partial charge is 0.342 e. The summed E-state index contributed by atoms with van der Waals surface area (Å²) in [4.78, 5) is 12.5. The van der Waals surface area contributed by atoms with Gasteiger partial charge in [-0.15, -0.1) is 10.2 Å². The van der Waals surface area contributed by atoms with Crippen molar-refractivity contribution in [2.75, 3.05) is 5.75 Å². The molecule has 0 radical (unpaired) electrons. The number of carbonyl (C=O) groups is 1. The number of hydrogen-bond acceptors (Lipinski definition) is 4. The molecule has 0 saturated heterocycles. The van der Waals surface area contributed by atoms with Crippen molar-refractivity contribution in [3.05, 3.63) is 65.7 Å². The molecule has 1 atom stereocenters. The molecule has 0 aliphatic rings. The van der Waals surface area contributed by atoms with Crippen molar-refractivity contribution in [1.29, 1.82) is 0 Å². The van der Waals surface area contributed by atoms with E-state index in [0.717, 1.165) is 22.0 Å². The summed E-state index contributed by atoms with van der Waals surface area (Å²) in [5.41, 5.74) is 2.16. The lowest BCUT2D eigenvalue weighted by molar-refractivity contribution is 0.0937. The van der Waals surface area contributed by atoms with Gasteiger partial charge in [-0.25, -0.2) is 4.39 Å². The zero-order valence-corrected chi connectivity index (χ0v) is 16.3. The van der Waals surface area contributed by atoms with Crippen LogP contribution in [0.2, 0.25) is 0 Å². The minimum atomic E-state index is -0.285. The van der Waals surface area contributed by atoms with Crippen LogP contribution in [0.5, 0.6) is 0 Å². The molecule has 1 aromatic heterocycles. The number of hydrogen-bond donors (Lipinski definition) is 1. The topological polar surface area (TPSA) is 59.8 Å². The number of amides is 1. The van der Waals surface area contributed by atoms with Crippen LogP contribution in [0.1, 0.15) is 36.1 Å². The number of rotatable bonds is 6. The first-order valence-electron chi connectivity index (χ1n) is 8.68. The lowest BCUT2D eigenvalue weighted by Gasteiger charge is -2.14. The summed E-state index contributed by atoms with van der Waals surface area (Å²) < 4.78 is 15.3. The first-order valence-corrected chi connectivity index (χ1v) is 9.67. The Labute approximate surface area is 162 Å². The summed E-state index contributed by atoms with van der Waals surface area (Å²) in [7, 11) is 1.89. The number of carbonyl (C=O) groups excluding carboxylic acids is 1. The summed E-state index contributed by atoms with van der Waals surface area (Å²) >= 11 is 1.61. The van der Waals surface area contributed by atoms with Crippen molar-refractivity contribution < 1.29 is 9.18 Å². The third-order valence-electron chi connectivity index (χ3n) is 4.18. The summed E-state index contributed by atoms with van der Waals surface area (Å²) in [5, 5.41) is 12.1. The van der Waals surface area contributed by atoms with Crippen LogP contribution in [0, 0.1) is 5.82 Å². The normalized spacial score (nSPS) is 12.0. The minimum absolute atomic E-state index is 0.194. The highest BCUT2D eigenvalue weighted by Gasteiger charge is 2.18. The molecule has 0 aliphatic heterocycles. The van der Waals surface area contributed by atoms with Gasteiger partial charge in [-0.1, -0.05) is 43.0 Å². The fraction of sp³-hybridized carbons (Fsp3) is 0.250. The van der Waals surface area contributed by atoms with Gasteiger partial charge in [-0.3, -0.25) is 4.79 Å². The summed E-state index contributed by atoms with van der Waals surface area (Å²) in [6.07, 6.45) is 0. The summed E-state index contributed by atoms with van der Waals surface area (Å²) in [5.74, 6) is 1.13. The third-order valence-corrected chi connectivity index (χ3v) is 5.08. The zero-order chi connectivity index (χ0) is 19.4. The van der Waals surface area contributed by atoms with Crippen LogP contribution < -0.4 is 5.32 Å². The van der Waals surface area contributed by atoms with Crippen molar-refractivity contribution in [1.82, 2.24) is 20.1 Å². The molecule has 3 rings (SSSR count). The second-order valence-electron chi connectivity index (χ2n) is 6.12. The van der Waals surface area contributed by atoms with Crippen LogP contribution in [0.25, 0.3) is 11.1 Å². The monoisotopic (exact) mass is 384 g/mol.